The average Bonchev–Trinajstić information content (AvgIpc) is 2.92. The molecule has 1 heterocycles. The van der Waals surface area contributed by atoms with Crippen molar-refractivity contribution in [2.45, 2.75) is 38.5 Å². The van der Waals surface area contributed by atoms with Gasteiger partial charge >= 0.3 is 0 Å². The molecule has 1 aromatic rings. The van der Waals surface area contributed by atoms with Gasteiger partial charge in [-0.1, -0.05) is 12.5 Å². The van der Waals surface area contributed by atoms with Gasteiger partial charge in [-0.25, -0.2) is 0 Å². The molecule has 3 atom stereocenters. The van der Waals surface area contributed by atoms with Crippen LogP contribution in [0, 0.1) is 17.8 Å². The topological polar surface area (TPSA) is 30.0 Å². The Morgan fingerprint density at radius 3 is 2.88 bits per heavy atom. The molecule has 2 aliphatic carbocycles. The predicted molar refractivity (Wildman–Crippen MR) is 66.5 cm³/mol. The number of carbonyl (C=O) groups excluding carboxylic acids is 1. The van der Waals surface area contributed by atoms with Crippen LogP contribution in [0.4, 0.5) is 0 Å². The third kappa shape index (κ3) is 2.41. The van der Waals surface area contributed by atoms with Crippen LogP contribution in [-0.4, -0.2) is 10.8 Å². The SMILES string of the molecule is O=C(Cc1ccccn1)CC1CC2CCC1C2. The molecule has 0 aromatic carbocycles. The normalized spacial score (nSPS) is 30.7. The van der Waals surface area contributed by atoms with E-state index in [0.29, 0.717) is 18.1 Å². The highest BCUT2D eigenvalue weighted by Gasteiger charge is 2.39. The van der Waals surface area contributed by atoms with Gasteiger partial charge in [0.15, 0.2) is 0 Å². The molecule has 0 radical (unpaired) electrons. The molecule has 3 unspecified atom stereocenters. The Balaban J connectivity index is 1.54. The highest BCUT2D eigenvalue weighted by molar-refractivity contribution is 5.80. The van der Waals surface area contributed by atoms with Crippen molar-refractivity contribution in [1.82, 2.24) is 4.98 Å². The summed E-state index contributed by atoms with van der Waals surface area (Å²) in [5.41, 5.74) is 0.917. The lowest BCUT2D eigenvalue weighted by Gasteiger charge is -2.20. The zero-order valence-corrected chi connectivity index (χ0v) is 10.1. The smallest absolute Gasteiger partial charge is 0.139 e. The van der Waals surface area contributed by atoms with E-state index in [1.807, 2.05) is 18.2 Å². The number of nitrogens with zero attached hydrogens (tertiary/aromatic N) is 1. The van der Waals surface area contributed by atoms with Crippen LogP contribution in [0.5, 0.6) is 0 Å². The largest absolute Gasteiger partial charge is 0.299 e. The molecule has 2 saturated carbocycles. The highest BCUT2D eigenvalue weighted by Crippen LogP contribution is 2.49. The van der Waals surface area contributed by atoms with Gasteiger partial charge in [0.25, 0.3) is 0 Å². The van der Waals surface area contributed by atoms with Crippen molar-refractivity contribution in [3.8, 4) is 0 Å². The van der Waals surface area contributed by atoms with Gasteiger partial charge in [-0.15, -0.1) is 0 Å². The van der Waals surface area contributed by atoms with Crippen LogP contribution >= 0.6 is 0 Å². The second-order valence-electron chi connectivity index (χ2n) is 5.68. The summed E-state index contributed by atoms with van der Waals surface area (Å²) in [6.45, 7) is 0. The van der Waals surface area contributed by atoms with Crippen LogP contribution < -0.4 is 0 Å². The van der Waals surface area contributed by atoms with Crippen molar-refractivity contribution in [3.63, 3.8) is 0 Å². The fraction of sp³-hybridized carbons (Fsp3) is 0.600. The Hall–Kier alpha value is -1.18. The third-order valence-electron chi connectivity index (χ3n) is 4.48. The number of Topliss-reactive ketones (excluding diaryl/α,β-unsaturated/α-hetero) is 1. The van der Waals surface area contributed by atoms with Crippen molar-refractivity contribution in [3.05, 3.63) is 30.1 Å². The van der Waals surface area contributed by atoms with Gasteiger partial charge in [-0.05, 0) is 49.1 Å². The molecule has 3 rings (SSSR count). The first-order valence-corrected chi connectivity index (χ1v) is 6.73. The molecule has 1 aromatic heterocycles. The van der Waals surface area contributed by atoms with Crippen molar-refractivity contribution in [2.75, 3.05) is 0 Å². The minimum absolute atomic E-state index is 0.376. The number of ketones is 1. The molecule has 2 fully saturated rings. The maximum absolute atomic E-state index is 12.0. The number of aromatic nitrogens is 1. The minimum atomic E-state index is 0.376. The van der Waals surface area contributed by atoms with E-state index in [4.69, 9.17) is 0 Å². The highest BCUT2D eigenvalue weighted by atomic mass is 16.1. The summed E-state index contributed by atoms with van der Waals surface area (Å²) in [7, 11) is 0. The first-order valence-electron chi connectivity index (χ1n) is 6.73. The minimum Gasteiger partial charge on any atom is -0.299 e. The molecule has 2 bridgehead atoms. The van der Waals surface area contributed by atoms with Crippen LogP contribution in [0.1, 0.15) is 37.8 Å². The number of fused-ring (bicyclic) bond motifs is 2. The van der Waals surface area contributed by atoms with E-state index in [1.165, 1.54) is 25.7 Å². The second-order valence-corrected chi connectivity index (χ2v) is 5.68. The van der Waals surface area contributed by atoms with Gasteiger partial charge in [0.05, 0.1) is 0 Å². The fourth-order valence-corrected chi connectivity index (χ4v) is 3.70. The van der Waals surface area contributed by atoms with Crippen molar-refractivity contribution >= 4 is 5.78 Å². The van der Waals surface area contributed by atoms with Crippen LogP contribution in [-0.2, 0) is 11.2 Å². The lowest BCUT2D eigenvalue weighted by molar-refractivity contribution is -0.119. The van der Waals surface area contributed by atoms with Gasteiger partial charge in [-0.3, -0.25) is 9.78 Å². The Morgan fingerprint density at radius 1 is 1.29 bits per heavy atom. The molecule has 90 valence electrons. The second kappa shape index (κ2) is 4.59. The Bertz CT molecular complexity index is 401. The molecular weight excluding hydrogens is 210 g/mol. The van der Waals surface area contributed by atoms with E-state index in [2.05, 4.69) is 4.98 Å². The molecule has 2 nitrogen and oxygen atoms in total. The number of rotatable bonds is 4. The number of hydrogen-bond donors (Lipinski definition) is 0. The zero-order valence-electron chi connectivity index (χ0n) is 10.1. The number of carbonyl (C=O) groups is 1. The average molecular weight is 229 g/mol. The summed E-state index contributed by atoms with van der Waals surface area (Å²) in [6.07, 6.45) is 8.55. The number of pyridine rings is 1. The van der Waals surface area contributed by atoms with Crippen molar-refractivity contribution in [2.24, 2.45) is 17.8 Å². The molecule has 2 aliphatic rings. The van der Waals surface area contributed by atoms with E-state index < -0.39 is 0 Å². The van der Waals surface area contributed by atoms with E-state index in [9.17, 15) is 4.79 Å². The van der Waals surface area contributed by atoms with Gasteiger partial charge in [0, 0.05) is 24.7 Å². The zero-order chi connectivity index (χ0) is 11.7. The van der Waals surface area contributed by atoms with E-state index in [-0.39, 0.29) is 0 Å². The predicted octanol–water partition coefficient (Wildman–Crippen LogP) is 3.02. The lowest BCUT2D eigenvalue weighted by Crippen LogP contribution is -2.16. The van der Waals surface area contributed by atoms with E-state index in [1.54, 1.807) is 6.20 Å². The van der Waals surface area contributed by atoms with Gasteiger partial charge in [-0.2, -0.15) is 0 Å². The van der Waals surface area contributed by atoms with E-state index >= 15 is 0 Å². The summed E-state index contributed by atoms with van der Waals surface area (Å²) in [5, 5.41) is 0. The fourth-order valence-electron chi connectivity index (χ4n) is 3.70. The summed E-state index contributed by atoms with van der Waals surface area (Å²) in [6, 6.07) is 5.79. The maximum Gasteiger partial charge on any atom is 0.139 e. The molecule has 0 N–H and O–H groups in total. The summed E-state index contributed by atoms with van der Waals surface area (Å²) >= 11 is 0. The Labute approximate surface area is 102 Å². The summed E-state index contributed by atoms with van der Waals surface area (Å²) in [5.74, 6) is 2.85. The van der Waals surface area contributed by atoms with E-state index in [0.717, 1.165) is 24.0 Å². The molecule has 0 saturated heterocycles. The van der Waals surface area contributed by atoms with Crippen LogP contribution in [0.25, 0.3) is 0 Å². The van der Waals surface area contributed by atoms with Crippen LogP contribution in [0.2, 0.25) is 0 Å². The van der Waals surface area contributed by atoms with Crippen molar-refractivity contribution < 1.29 is 4.79 Å². The van der Waals surface area contributed by atoms with Crippen LogP contribution in [0.3, 0.4) is 0 Å². The molecule has 17 heavy (non-hydrogen) atoms. The number of hydrogen-bond acceptors (Lipinski definition) is 2. The first kappa shape index (κ1) is 10.9. The monoisotopic (exact) mass is 229 g/mol. The molecule has 2 heteroatoms. The summed E-state index contributed by atoms with van der Waals surface area (Å²) in [4.78, 5) is 16.2. The van der Waals surface area contributed by atoms with Crippen LogP contribution in [0.15, 0.2) is 24.4 Å². The lowest BCUT2D eigenvalue weighted by atomic mass is 9.84. The maximum atomic E-state index is 12.0. The molecule has 0 spiro atoms. The molecule has 0 aliphatic heterocycles. The summed E-state index contributed by atoms with van der Waals surface area (Å²) < 4.78 is 0. The van der Waals surface area contributed by atoms with Gasteiger partial charge in [0.1, 0.15) is 5.78 Å². The Kier molecular flexibility index (Phi) is 2.96. The Morgan fingerprint density at radius 2 is 2.24 bits per heavy atom. The molecular formula is C15H19NO. The standard InChI is InChI=1S/C15H19NO/c17-15(10-14-3-1-2-6-16-14)9-13-8-11-4-5-12(13)7-11/h1-3,6,11-13H,4-5,7-10H2. The van der Waals surface area contributed by atoms with Crippen molar-refractivity contribution in [1.29, 1.82) is 0 Å². The molecule has 0 amide bonds. The quantitative estimate of drug-likeness (QED) is 0.794. The first-order chi connectivity index (χ1) is 8.31. The third-order valence-corrected chi connectivity index (χ3v) is 4.48. The van der Waals surface area contributed by atoms with Gasteiger partial charge < -0.3 is 0 Å². The van der Waals surface area contributed by atoms with Gasteiger partial charge in [0.2, 0.25) is 0 Å².